The molecule has 0 fully saturated rings. The number of hydrogen-bond acceptors (Lipinski definition) is 4. The van der Waals surface area contributed by atoms with Crippen LogP contribution < -0.4 is 10.6 Å². The van der Waals surface area contributed by atoms with Gasteiger partial charge in [-0.25, -0.2) is 4.98 Å². The molecule has 1 rings (SSSR count). The van der Waals surface area contributed by atoms with Gasteiger partial charge in [-0.3, -0.25) is 0 Å². The summed E-state index contributed by atoms with van der Waals surface area (Å²) in [4.78, 5) is 6.23. The molecule has 0 saturated carbocycles. The molecule has 78 valence electrons. The first-order valence-corrected chi connectivity index (χ1v) is 4.66. The highest BCUT2D eigenvalue weighted by Gasteiger charge is 2.05. The van der Waals surface area contributed by atoms with Gasteiger partial charge in [0.1, 0.15) is 5.82 Å². The van der Waals surface area contributed by atoms with Crippen LogP contribution in [0.5, 0.6) is 0 Å². The Morgan fingerprint density at radius 1 is 1.57 bits per heavy atom. The topological polar surface area (TPSA) is 62.4 Å². The van der Waals surface area contributed by atoms with Gasteiger partial charge in [-0.2, -0.15) is 0 Å². The Balaban J connectivity index is 2.88. The Labute approximate surface area is 84.4 Å². The summed E-state index contributed by atoms with van der Waals surface area (Å²) in [6.45, 7) is 3.24. The van der Waals surface area contributed by atoms with Crippen LogP contribution in [0.1, 0.15) is 11.1 Å². The largest absolute Gasteiger partial charge is 0.395 e. The highest BCUT2D eigenvalue weighted by Crippen LogP contribution is 2.15. The zero-order valence-corrected chi connectivity index (χ0v) is 8.70. The molecule has 14 heavy (non-hydrogen) atoms. The SMILES string of the molecule is Cc1cc(CN)cnc1N(C)CCO. The summed E-state index contributed by atoms with van der Waals surface area (Å²) in [5.74, 6) is 0.899. The van der Waals surface area contributed by atoms with Crippen LogP contribution in [-0.4, -0.2) is 30.3 Å². The maximum atomic E-state index is 8.80. The lowest BCUT2D eigenvalue weighted by molar-refractivity contribution is 0.304. The first kappa shape index (κ1) is 10.9. The normalized spacial score (nSPS) is 10.3. The summed E-state index contributed by atoms with van der Waals surface area (Å²) in [6, 6.07) is 2.02. The van der Waals surface area contributed by atoms with E-state index in [0.717, 1.165) is 16.9 Å². The van der Waals surface area contributed by atoms with Crippen molar-refractivity contribution in [2.75, 3.05) is 25.1 Å². The van der Waals surface area contributed by atoms with E-state index in [-0.39, 0.29) is 6.61 Å². The third-order valence-electron chi connectivity index (χ3n) is 2.14. The fourth-order valence-corrected chi connectivity index (χ4v) is 1.39. The summed E-state index contributed by atoms with van der Waals surface area (Å²) in [7, 11) is 1.91. The summed E-state index contributed by atoms with van der Waals surface area (Å²) in [5.41, 5.74) is 7.63. The van der Waals surface area contributed by atoms with E-state index in [2.05, 4.69) is 4.98 Å². The molecule has 4 heteroatoms. The average Bonchev–Trinajstić information content (AvgIpc) is 2.17. The summed E-state index contributed by atoms with van der Waals surface area (Å²) >= 11 is 0. The molecule has 0 saturated heterocycles. The molecule has 4 nitrogen and oxygen atoms in total. The predicted molar refractivity (Wildman–Crippen MR) is 57.2 cm³/mol. The van der Waals surface area contributed by atoms with Crippen molar-refractivity contribution in [2.45, 2.75) is 13.5 Å². The molecular weight excluding hydrogens is 178 g/mol. The molecule has 0 spiro atoms. The van der Waals surface area contributed by atoms with Crippen LogP contribution in [0.2, 0.25) is 0 Å². The Bertz CT molecular complexity index is 301. The van der Waals surface area contributed by atoms with Gasteiger partial charge in [0.2, 0.25) is 0 Å². The van der Waals surface area contributed by atoms with Gasteiger partial charge in [0.15, 0.2) is 0 Å². The van der Waals surface area contributed by atoms with Gasteiger partial charge in [0, 0.05) is 26.3 Å². The van der Waals surface area contributed by atoms with Crippen molar-refractivity contribution in [1.82, 2.24) is 4.98 Å². The van der Waals surface area contributed by atoms with Gasteiger partial charge in [-0.15, -0.1) is 0 Å². The number of anilines is 1. The van der Waals surface area contributed by atoms with Crippen molar-refractivity contribution in [3.8, 4) is 0 Å². The lowest BCUT2D eigenvalue weighted by Gasteiger charge is -2.19. The van der Waals surface area contributed by atoms with E-state index in [4.69, 9.17) is 10.8 Å². The molecule has 1 aromatic heterocycles. The fraction of sp³-hybridized carbons (Fsp3) is 0.500. The number of pyridine rings is 1. The van der Waals surface area contributed by atoms with Gasteiger partial charge in [-0.05, 0) is 24.1 Å². The van der Waals surface area contributed by atoms with E-state index in [9.17, 15) is 0 Å². The van der Waals surface area contributed by atoms with E-state index in [0.29, 0.717) is 13.1 Å². The minimum Gasteiger partial charge on any atom is -0.395 e. The number of nitrogens with zero attached hydrogens (tertiary/aromatic N) is 2. The molecule has 0 aliphatic rings. The quantitative estimate of drug-likeness (QED) is 0.724. The number of aliphatic hydroxyl groups excluding tert-OH is 1. The van der Waals surface area contributed by atoms with Crippen molar-refractivity contribution in [3.63, 3.8) is 0 Å². The van der Waals surface area contributed by atoms with Crippen molar-refractivity contribution in [3.05, 3.63) is 23.4 Å². The molecule has 0 bridgehead atoms. The highest BCUT2D eigenvalue weighted by molar-refractivity contribution is 5.46. The second-order valence-electron chi connectivity index (χ2n) is 3.33. The number of rotatable bonds is 4. The third-order valence-corrected chi connectivity index (χ3v) is 2.14. The Hall–Kier alpha value is -1.13. The molecule has 0 aliphatic carbocycles. The molecule has 0 amide bonds. The number of nitrogens with two attached hydrogens (primary N) is 1. The van der Waals surface area contributed by atoms with Gasteiger partial charge in [0.25, 0.3) is 0 Å². The number of aryl methyl sites for hydroxylation is 1. The molecule has 0 aromatic carbocycles. The molecular formula is C10H17N3O. The minimum absolute atomic E-state index is 0.135. The molecule has 0 aliphatic heterocycles. The Kier molecular flexibility index (Phi) is 3.85. The Morgan fingerprint density at radius 3 is 2.79 bits per heavy atom. The first-order chi connectivity index (χ1) is 6.69. The van der Waals surface area contributed by atoms with Crippen molar-refractivity contribution >= 4 is 5.82 Å². The third kappa shape index (κ3) is 2.43. The molecule has 0 atom stereocenters. The minimum atomic E-state index is 0.135. The summed E-state index contributed by atoms with van der Waals surface area (Å²) < 4.78 is 0. The van der Waals surface area contributed by atoms with E-state index in [1.54, 1.807) is 6.20 Å². The van der Waals surface area contributed by atoms with Crippen LogP contribution >= 0.6 is 0 Å². The van der Waals surface area contributed by atoms with E-state index in [1.165, 1.54) is 0 Å². The van der Waals surface area contributed by atoms with Crippen LogP contribution in [0.25, 0.3) is 0 Å². The smallest absolute Gasteiger partial charge is 0.131 e. The number of aliphatic hydroxyl groups is 1. The van der Waals surface area contributed by atoms with Crippen molar-refractivity contribution < 1.29 is 5.11 Å². The van der Waals surface area contributed by atoms with E-state index < -0.39 is 0 Å². The zero-order chi connectivity index (χ0) is 10.6. The standard InChI is InChI=1S/C10H17N3O/c1-8-5-9(6-11)7-12-10(8)13(2)3-4-14/h5,7,14H,3-4,6,11H2,1-2H3. The van der Waals surface area contributed by atoms with Crippen LogP contribution in [0.15, 0.2) is 12.3 Å². The summed E-state index contributed by atoms with van der Waals surface area (Å²) in [6.07, 6.45) is 1.77. The van der Waals surface area contributed by atoms with Crippen LogP contribution in [0.3, 0.4) is 0 Å². The number of hydrogen-bond donors (Lipinski definition) is 2. The van der Waals surface area contributed by atoms with Crippen LogP contribution in [-0.2, 0) is 6.54 Å². The molecule has 0 unspecified atom stereocenters. The molecule has 1 heterocycles. The lowest BCUT2D eigenvalue weighted by Crippen LogP contribution is -2.23. The fourth-order valence-electron chi connectivity index (χ4n) is 1.39. The first-order valence-electron chi connectivity index (χ1n) is 4.66. The Morgan fingerprint density at radius 2 is 2.29 bits per heavy atom. The molecule has 0 radical (unpaired) electrons. The van der Waals surface area contributed by atoms with Crippen LogP contribution in [0, 0.1) is 6.92 Å². The number of likely N-dealkylation sites (N-methyl/N-ethyl adjacent to an activating group) is 1. The maximum Gasteiger partial charge on any atom is 0.131 e. The average molecular weight is 195 g/mol. The maximum absolute atomic E-state index is 8.80. The van der Waals surface area contributed by atoms with Crippen molar-refractivity contribution in [1.29, 1.82) is 0 Å². The molecule has 1 aromatic rings. The molecule has 3 N–H and O–H groups in total. The van der Waals surface area contributed by atoms with Gasteiger partial charge < -0.3 is 15.7 Å². The van der Waals surface area contributed by atoms with Gasteiger partial charge in [-0.1, -0.05) is 0 Å². The van der Waals surface area contributed by atoms with Crippen molar-refractivity contribution in [2.24, 2.45) is 5.73 Å². The summed E-state index contributed by atoms with van der Waals surface area (Å²) in [5, 5.41) is 8.80. The van der Waals surface area contributed by atoms with Gasteiger partial charge in [0.05, 0.1) is 6.61 Å². The zero-order valence-electron chi connectivity index (χ0n) is 8.70. The highest BCUT2D eigenvalue weighted by atomic mass is 16.3. The second-order valence-corrected chi connectivity index (χ2v) is 3.33. The number of aromatic nitrogens is 1. The second kappa shape index (κ2) is 4.93. The lowest BCUT2D eigenvalue weighted by atomic mass is 10.2. The van der Waals surface area contributed by atoms with Gasteiger partial charge >= 0.3 is 0 Å². The van der Waals surface area contributed by atoms with E-state index >= 15 is 0 Å². The predicted octanol–water partition coefficient (Wildman–Crippen LogP) is 0.277. The van der Waals surface area contributed by atoms with E-state index in [1.807, 2.05) is 24.9 Å². The monoisotopic (exact) mass is 195 g/mol. The van der Waals surface area contributed by atoms with Crippen LogP contribution in [0.4, 0.5) is 5.82 Å².